The Bertz CT molecular complexity index is 1230. The van der Waals surface area contributed by atoms with E-state index in [1.54, 1.807) is 24.3 Å². The molecule has 33 heavy (non-hydrogen) atoms. The van der Waals surface area contributed by atoms with Crippen LogP contribution < -0.4 is 5.32 Å². The largest absolute Gasteiger partial charge is 0.352 e. The van der Waals surface area contributed by atoms with E-state index < -0.39 is 0 Å². The van der Waals surface area contributed by atoms with Crippen molar-refractivity contribution in [3.05, 3.63) is 100 Å². The Labute approximate surface area is 200 Å². The molecule has 0 fully saturated rings. The molecule has 0 aliphatic rings. The van der Waals surface area contributed by atoms with Gasteiger partial charge in [-0.15, -0.1) is 0 Å². The molecule has 1 N–H and O–H groups in total. The highest BCUT2D eigenvalue weighted by Gasteiger charge is 2.12. The van der Waals surface area contributed by atoms with Gasteiger partial charge in [-0.3, -0.25) is 4.79 Å². The van der Waals surface area contributed by atoms with Crippen molar-refractivity contribution < 1.29 is 4.79 Å². The molecule has 3 aromatic carbocycles. The summed E-state index contributed by atoms with van der Waals surface area (Å²) in [5, 5.41) is 3.55. The zero-order valence-electron chi connectivity index (χ0n) is 19.2. The molecule has 1 amide bonds. The SMILES string of the molecule is CCC(C)c1ccc(Cn2c(CCCNC(=O)c3cccc(Cl)c3)nc3ccccc32)cc1. The predicted molar refractivity (Wildman–Crippen MR) is 136 cm³/mol. The minimum atomic E-state index is -0.104. The number of imidazole rings is 1. The monoisotopic (exact) mass is 459 g/mol. The molecule has 4 nitrogen and oxygen atoms in total. The second kappa shape index (κ2) is 10.7. The number of fused-ring (bicyclic) bond motifs is 1. The van der Waals surface area contributed by atoms with E-state index in [0.29, 0.717) is 23.0 Å². The maximum absolute atomic E-state index is 12.4. The van der Waals surface area contributed by atoms with Gasteiger partial charge in [0.15, 0.2) is 0 Å². The number of nitrogens with one attached hydrogen (secondary N) is 1. The highest BCUT2D eigenvalue weighted by molar-refractivity contribution is 6.30. The van der Waals surface area contributed by atoms with Crippen LogP contribution in [-0.4, -0.2) is 22.0 Å². The van der Waals surface area contributed by atoms with Crippen LogP contribution in [0.4, 0.5) is 0 Å². The van der Waals surface area contributed by atoms with Crippen LogP contribution in [0.15, 0.2) is 72.8 Å². The van der Waals surface area contributed by atoms with Crippen LogP contribution in [0.3, 0.4) is 0 Å². The summed E-state index contributed by atoms with van der Waals surface area (Å²) in [7, 11) is 0. The minimum Gasteiger partial charge on any atom is -0.352 e. The summed E-state index contributed by atoms with van der Waals surface area (Å²) in [4.78, 5) is 17.3. The Hall–Kier alpha value is -3.11. The van der Waals surface area contributed by atoms with Crippen LogP contribution in [-0.2, 0) is 13.0 Å². The Balaban J connectivity index is 1.44. The van der Waals surface area contributed by atoms with Crippen molar-refractivity contribution in [3.8, 4) is 0 Å². The molecule has 0 aliphatic carbocycles. The van der Waals surface area contributed by atoms with Crippen LogP contribution in [0.1, 0.15) is 59.9 Å². The first-order valence-electron chi connectivity index (χ1n) is 11.6. The molecule has 5 heteroatoms. The second-order valence-electron chi connectivity index (χ2n) is 8.52. The van der Waals surface area contributed by atoms with Crippen molar-refractivity contribution in [1.82, 2.24) is 14.9 Å². The first-order chi connectivity index (χ1) is 16.0. The Morgan fingerprint density at radius 3 is 2.61 bits per heavy atom. The van der Waals surface area contributed by atoms with Gasteiger partial charge in [0.1, 0.15) is 5.82 Å². The Kier molecular flexibility index (Phi) is 7.46. The normalized spacial score (nSPS) is 12.1. The molecule has 1 atom stereocenters. The molecule has 0 radical (unpaired) electrons. The van der Waals surface area contributed by atoms with Gasteiger partial charge >= 0.3 is 0 Å². The molecule has 1 aromatic heterocycles. The number of rotatable bonds is 9. The highest BCUT2D eigenvalue weighted by Crippen LogP contribution is 2.22. The number of carbonyl (C=O) groups is 1. The lowest BCUT2D eigenvalue weighted by atomic mass is 9.97. The molecule has 4 aromatic rings. The zero-order valence-corrected chi connectivity index (χ0v) is 20.0. The summed E-state index contributed by atoms with van der Waals surface area (Å²) in [5.41, 5.74) is 5.37. The number of halogens is 1. The molecular weight excluding hydrogens is 430 g/mol. The van der Waals surface area contributed by atoms with Gasteiger partial charge in [-0.2, -0.15) is 0 Å². The van der Waals surface area contributed by atoms with E-state index >= 15 is 0 Å². The maximum atomic E-state index is 12.4. The average molecular weight is 460 g/mol. The first kappa shape index (κ1) is 23.1. The molecule has 0 saturated carbocycles. The van der Waals surface area contributed by atoms with Crippen molar-refractivity contribution in [2.45, 2.75) is 45.6 Å². The third kappa shape index (κ3) is 5.63. The average Bonchev–Trinajstić information content (AvgIpc) is 3.18. The van der Waals surface area contributed by atoms with E-state index in [0.717, 1.165) is 42.7 Å². The Morgan fingerprint density at radius 2 is 1.85 bits per heavy atom. The van der Waals surface area contributed by atoms with Gasteiger partial charge in [-0.25, -0.2) is 4.98 Å². The van der Waals surface area contributed by atoms with Crippen molar-refractivity contribution >= 4 is 28.5 Å². The van der Waals surface area contributed by atoms with Crippen molar-refractivity contribution in [3.63, 3.8) is 0 Å². The number of aromatic nitrogens is 2. The zero-order chi connectivity index (χ0) is 23.2. The Morgan fingerprint density at radius 1 is 1.06 bits per heavy atom. The van der Waals surface area contributed by atoms with Crippen LogP contribution in [0.2, 0.25) is 5.02 Å². The number of carbonyl (C=O) groups excluding carboxylic acids is 1. The van der Waals surface area contributed by atoms with Crippen molar-refractivity contribution in [2.75, 3.05) is 6.54 Å². The van der Waals surface area contributed by atoms with E-state index in [9.17, 15) is 4.79 Å². The fourth-order valence-electron chi connectivity index (χ4n) is 4.04. The van der Waals surface area contributed by atoms with Gasteiger partial charge in [0, 0.05) is 30.1 Å². The van der Waals surface area contributed by atoms with Crippen molar-refractivity contribution in [2.24, 2.45) is 0 Å². The number of aryl methyl sites for hydroxylation is 1. The summed E-state index contributed by atoms with van der Waals surface area (Å²) in [5.74, 6) is 1.51. The summed E-state index contributed by atoms with van der Waals surface area (Å²) in [6.07, 6.45) is 2.74. The van der Waals surface area contributed by atoms with E-state index in [2.05, 4.69) is 66.2 Å². The van der Waals surface area contributed by atoms with Crippen molar-refractivity contribution in [1.29, 1.82) is 0 Å². The summed E-state index contributed by atoms with van der Waals surface area (Å²) in [6.45, 7) is 5.85. The van der Waals surface area contributed by atoms with E-state index in [1.165, 1.54) is 11.1 Å². The highest BCUT2D eigenvalue weighted by atomic mass is 35.5. The lowest BCUT2D eigenvalue weighted by molar-refractivity contribution is 0.0953. The van der Waals surface area contributed by atoms with E-state index in [1.807, 2.05) is 6.07 Å². The molecule has 170 valence electrons. The second-order valence-corrected chi connectivity index (χ2v) is 8.96. The summed E-state index contributed by atoms with van der Waals surface area (Å²) >= 11 is 5.99. The van der Waals surface area contributed by atoms with E-state index in [4.69, 9.17) is 16.6 Å². The van der Waals surface area contributed by atoms with E-state index in [-0.39, 0.29) is 5.91 Å². The van der Waals surface area contributed by atoms with Gasteiger partial charge in [0.05, 0.1) is 11.0 Å². The van der Waals surface area contributed by atoms with Gasteiger partial charge in [-0.05, 0) is 60.2 Å². The molecule has 1 heterocycles. The maximum Gasteiger partial charge on any atom is 0.251 e. The van der Waals surface area contributed by atoms with Gasteiger partial charge < -0.3 is 9.88 Å². The molecule has 0 bridgehead atoms. The van der Waals surface area contributed by atoms with Crippen LogP contribution in [0.25, 0.3) is 11.0 Å². The fourth-order valence-corrected chi connectivity index (χ4v) is 4.23. The molecule has 1 unspecified atom stereocenters. The summed E-state index contributed by atoms with van der Waals surface area (Å²) in [6, 6.07) is 24.2. The van der Waals surface area contributed by atoms with Crippen LogP contribution in [0, 0.1) is 0 Å². The first-order valence-corrected chi connectivity index (χ1v) is 12.0. The third-order valence-corrected chi connectivity index (χ3v) is 6.42. The third-order valence-electron chi connectivity index (χ3n) is 6.18. The molecule has 0 saturated heterocycles. The molecule has 4 rings (SSSR count). The van der Waals surface area contributed by atoms with Crippen LogP contribution >= 0.6 is 11.6 Å². The number of para-hydroxylation sites is 2. The van der Waals surface area contributed by atoms with Crippen LogP contribution in [0.5, 0.6) is 0 Å². The fraction of sp³-hybridized carbons (Fsp3) is 0.286. The minimum absolute atomic E-state index is 0.104. The summed E-state index contributed by atoms with van der Waals surface area (Å²) < 4.78 is 2.30. The van der Waals surface area contributed by atoms with Gasteiger partial charge in [-0.1, -0.05) is 67.9 Å². The molecule has 0 spiro atoms. The lowest BCUT2D eigenvalue weighted by Crippen LogP contribution is -2.25. The number of nitrogens with zero attached hydrogens (tertiary/aromatic N) is 2. The smallest absolute Gasteiger partial charge is 0.251 e. The lowest BCUT2D eigenvalue weighted by Gasteiger charge is -2.12. The van der Waals surface area contributed by atoms with Gasteiger partial charge in [0.2, 0.25) is 0 Å². The predicted octanol–water partition coefficient (Wildman–Crippen LogP) is 6.61. The quantitative estimate of drug-likeness (QED) is 0.286. The number of hydrogen-bond acceptors (Lipinski definition) is 2. The number of amides is 1. The molecular formula is C28H30ClN3O. The number of hydrogen-bond donors (Lipinski definition) is 1. The van der Waals surface area contributed by atoms with Gasteiger partial charge in [0.25, 0.3) is 5.91 Å². The molecule has 0 aliphatic heterocycles. The topological polar surface area (TPSA) is 46.9 Å². The number of benzene rings is 3. The standard InChI is InChI=1S/C28H30ClN3O/c1-3-20(2)22-15-13-21(14-16-22)19-32-26-11-5-4-10-25(26)31-27(32)12-7-17-30-28(33)23-8-6-9-24(29)18-23/h4-6,8-11,13-16,18,20H,3,7,12,17,19H2,1-2H3,(H,30,33).